The highest BCUT2D eigenvalue weighted by atomic mass is 32.2. The monoisotopic (exact) mass is 466 g/mol. The minimum atomic E-state index is -4.61. The molecule has 2 aromatic carbocycles. The van der Waals surface area contributed by atoms with Gasteiger partial charge in [0.25, 0.3) is 10.0 Å². The third-order valence-corrected chi connectivity index (χ3v) is 6.64. The zero-order valence-electron chi connectivity index (χ0n) is 17.1. The number of morpholine rings is 1. The van der Waals surface area contributed by atoms with Gasteiger partial charge < -0.3 is 9.64 Å². The van der Waals surface area contributed by atoms with Crippen LogP contribution in [0.15, 0.2) is 59.6 Å². The minimum Gasteiger partial charge on any atom is -0.378 e. The number of benzene rings is 2. The Balaban J connectivity index is 1.73. The predicted octanol–water partition coefficient (Wildman–Crippen LogP) is 3.84. The van der Waals surface area contributed by atoms with E-state index in [0.29, 0.717) is 43.4 Å². The van der Waals surface area contributed by atoms with E-state index in [1.165, 1.54) is 16.9 Å². The lowest BCUT2D eigenvalue weighted by Crippen LogP contribution is -2.36. The van der Waals surface area contributed by atoms with Gasteiger partial charge in [0.05, 0.1) is 47.7 Å². The van der Waals surface area contributed by atoms with Crippen LogP contribution in [-0.2, 0) is 20.9 Å². The van der Waals surface area contributed by atoms with Crippen molar-refractivity contribution in [2.24, 2.45) is 0 Å². The lowest BCUT2D eigenvalue weighted by molar-refractivity contribution is -0.137. The Bertz CT molecular complexity index is 1200. The largest absolute Gasteiger partial charge is 0.416 e. The summed E-state index contributed by atoms with van der Waals surface area (Å²) in [6.07, 6.45) is -3.43. The van der Waals surface area contributed by atoms with E-state index in [-0.39, 0.29) is 10.6 Å². The number of anilines is 2. The van der Waals surface area contributed by atoms with Gasteiger partial charge in [-0.05, 0) is 37.3 Å². The topological polar surface area (TPSA) is 76.5 Å². The Morgan fingerprint density at radius 2 is 1.75 bits per heavy atom. The molecule has 1 aliphatic heterocycles. The van der Waals surface area contributed by atoms with Gasteiger partial charge in [-0.2, -0.15) is 18.3 Å². The Kier molecular flexibility index (Phi) is 5.87. The van der Waals surface area contributed by atoms with Gasteiger partial charge in [-0.1, -0.05) is 18.2 Å². The SMILES string of the molecule is Cc1c(S(=O)(=O)Nc2cc(C(F)(F)F)ccc2N2CCOCC2)cnn1-c1ccccc1. The predicted molar refractivity (Wildman–Crippen MR) is 114 cm³/mol. The first-order chi connectivity index (χ1) is 15.2. The number of hydrogen-bond acceptors (Lipinski definition) is 5. The van der Waals surface area contributed by atoms with Gasteiger partial charge >= 0.3 is 6.18 Å². The van der Waals surface area contributed by atoms with Crippen LogP contribution in [0.1, 0.15) is 11.3 Å². The maximum atomic E-state index is 13.3. The number of aromatic nitrogens is 2. The number of para-hydroxylation sites is 1. The lowest BCUT2D eigenvalue weighted by atomic mass is 10.1. The molecule has 11 heteroatoms. The van der Waals surface area contributed by atoms with Crippen LogP contribution in [0.3, 0.4) is 0 Å². The third-order valence-electron chi connectivity index (χ3n) is 5.18. The quantitative estimate of drug-likeness (QED) is 0.619. The van der Waals surface area contributed by atoms with Crippen LogP contribution in [-0.4, -0.2) is 44.5 Å². The first-order valence-corrected chi connectivity index (χ1v) is 11.3. The molecule has 32 heavy (non-hydrogen) atoms. The molecule has 0 saturated carbocycles. The van der Waals surface area contributed by atoms with Crippen LogP contribution in [0.4, 0.5) is 24.5 Å². The van der Waals surface area contributed by atoms with E-state index < -0.39 is 21.8 Å². The summed E-state index contributed by atoms with van der Waals surface area (Å²) >= 11 is 0. The van der Waals surface area contributed by atoms with Crippen molar-refractivity contribution in [1.29, 1.82) is 0 Å². The summed E-state index contributed by atoms with van der Waals surface area (Å²) in [5.74, 6) is 0. The second kappa shape index (κ2) is 8.47. The van der Waals surface area contributed by atoms with E-state index in [4.69, 9.17) is 4.74 Å². The molecule has 0 atom stereocenters. The molecule has 0 unspecified atom stereocenters. The molecule has 1 N–H and O–H groups in total. The standard InChI is InChI=1S/C21H21F3N4O3S/c1-15-20(14-25-28(15)17-5-3-2-4-6-17)32(29,30)26-18-13-16(21(22,23)24)7-8-19(18)27-9-11-31-12-10-27/h2-8,13-14,26H,9-12H2,1H3. The van der Waals surface area contributed by atoms with E-state index in [0.717, 1.165) is 12.1 Å². The molecule has 1 aliphatic rings. The molecule has 7 nitrogen and oxygen atoms in total. The van der Waals surface area contributed by atoms with Gasteiger partial charge in [-0.25, -0.2) is 13.1 Å². The fraction of sp³-hybridized carbons (Fsp3) is 0.286. The highest BCUT2D eigenvalue weighted by Gasteiger charge is 2.33. The molecule has 0 spiro atoms. The van der Waals surface area contributed by atoms with Crippen LogP contribution in [0, 0.1) is 6.92 Å². The highest BCUT2D eigenvalue weighted by molar-refractivity contribution is 7.92. The van der Waals surface area contributed by atoms with Crippen molar-refractivity contribution in [3.05, 3.63) is 66.0 Å². The van der Waals surface area contributed by atoms with E-state index in [9.17, 15) is 21.6 Å². The number of sulfonamides is 1. The molecule has 1 fully saturated rings. The number of nitrogens with one attached hydrogen (secondary N) is 1. The summed E-state index contributed by atoms with van der Waals surface area (Å²) in [6.45, 7) is 3.26. The van der Waals surface area contributed by atoms with E-state index in [2.05, 4.69) is 9.82 Å². The first kappa shape index (κ1) is 22.2. The van der Waals surface area contributed by atoms with Gasteiger partial charge in [0, 0.05) is 13.1 Å². The normalized spacial score (nSPS) is 15.1. The van der Waals surface area contributed by atoms with Crippen molar-refractivity contribution >= 4 is 21.4 Å². The third kappa shape index (κ3) is 4.44. The number of nitrogens with zero attached hydrogens (tertiary/aromatic N) is 3. The molecule has 0 radical (unpaired) electrons. The van der Waals surface area contributed by atoms with Gasteiger partial charge in [-0.3, -0.25) is 4.72 Å². The Morgan fingerprint density at radius 1 is 1.06 bits per heavy atom. The van der Waals surface area contributed by atoms with Crippen LogP contribution >= 0.6 is 0 Å². The summed E-state index contributed by atoms with van der Waals surface area (Å²) in [4.78, 5) is 1.67. The second-order valence-electron chi connectivity index (χ2n) is 7.28. The molecule has 2 heterocycles. The highest BCUT2D eigenvalue weighted by Crippen LogP contribution is 2.37. The molecular formula is C21H21F3N4O3S. The van der Waals surface area contributed by atoms with Crippen LogP contribution in [0.25, 0.3) is 5.69 Å². The van der Waals surface area contributed by atoms with Crippen LogP contribution in [0.2, 0.25) is 0 Å². The van der Waals surface area contributed by atoms with E-state index >= 15 is 0 Å². The Morgan fingerprint density at radius 3 is 2.41 bits per heavy atom. The maximum Gasteiger partial charge on any atom is 0.416 e. The van der Waals surface area contributed by atoms with Gasteiger partial charge in [-0.15, -0.1) is 0 Å². The molecule has 3 aromatic rings. The molecule has 0 aliphatic carbocycles. The van der Waals surface area contributed by atoms with Crippen LogP contribution < -0.4 is 9.62 Å². The van der Waals surface area contributed by atoms with Gasteiger partial charge in [0.1, 0.15) is 4.90 Å². The average molecular weight is 466 g/mol. The zero-order valence-corrected chi connectivity index (χ0v) is 17.9. The molecule has 4 rings (SSSR count). The molecule has 170 valence electrons. The summed E-state index contributed by atoms with van der Waals surface area (Å²) < 4.78 is 75.4. The minimum absolute atomic E-state index is 0.119. The van der Waals surface area contributed by atoms with Crippen molar-refractivity contribution in [3.8, 4) is 5.69 Å². The summed E-state index contributed by atoms with van der Waals surface area (Å²) in [5.41, 5.74) is 0.276. The molecule has 1 saturated heterocycles. The number of ether oxygens (including phenoxy) is 1. The van der Waals surface area contributed by atoms with Crippen LogP contribution in [0.5, 0.6) is 0 Å². The summed E-state index contributed by atoms with van der Waals surface area (Å²) in [6, 6.07) is 12.0. The number of hydrogen-bond donors (Lipinski definition) is 1. The molecule has 0 bridgehead atoms. The number of rotatable bonds is 5. The van der Waals surface area contributed by atoms with Crippen molar-refractivity contribution < 1.29 is 26.3 Å². The van der Waals surface area contributed by atoms with Gasteiger partial charge in [0.2, 0.25) is 0 Å². The average Bonchev–Trinajstić information content (AvgIpc) is 3.16. The van der Waals surface area contributed by atoms with Crippen molar-refractivity contribution in [2.75, 3.05) is 35.9 Å². The second-order valence-corrected chi connectivity index (χ2v) is 8.93. The maximum absolute atomic E-state index is 13.3. The fourth-order valence-electron chi connectivity index (χ4n) is 3.56. The molecule has 1 aromatic heterocycles. The van der Waals surface area contributed by atoms with Gasteiger partial charge in [0.15, 0.2) is 0 Å². The van der Waals surface area contributed by atoms with Crippen molar-refractivity contribution in [1.82, 2.24) is 9.78 Å². The summed E-state index contributed by atoms with van der Waals surface area (Å²) in [7, 11) is -4.21. The summed E-state index contributed by atoms with van der Waals surface area (Å²) in [5, 5.41) is 4.15. The van der Waals surface area contributed by atoms with Crippen molar-refractivity contribution in [3.63, 3.8) is 0 Å². The Hall–Kier alpha value is -3.05. The van der Waals surface area contributed by atoms with E-state index in [1.54, 1.807) is 36.1 Å². The number of alkyl halides is 3. The smallest absolute Gasteiger partial charge is 0.378 e. The number of halogens is 3. The molecule has 0 amide bonds. The zero-order chi connectivity index (χ0) is 22.9. The van der Waals surface area contributed by atoms with E-state index in [1.807, 2.05) is 6.07 Å². The fourth-order valence-corrected chi connectivity index (χ4v) is 4.79. The van der Waals surface area contributed by atoms with Crippen molar-refractivity contribution in [2.45, 2.75) is 18.0 Å². The Labute approximate surface area is 183 Å². The first-order valence-electron chi connectivity index (χ1n) is 9.83. The molecular weight excluding hydrogens is 445 g/mol. The lowest BCUT2D eigenvalue weighted by Gasteiger charge is -2.31.